The lowest BCUT2D eigenvalue weighted by molar-refractivity contribution is 0.971. The van der Waals surface area contributed by atoms with Gasteiger partial charge in [-0.25, -0.2) is 15.8 Å². The van der Waals surface area contributed by atoms with E-state index in [0.29, 0.717) is 33.1 Å². The maximum absolute atomic E-state index is 8.91. The van der Waals surface area contributed by atoms with Crippen LogP contribution < -0.4 is 16.6 Å². The second kappa shape index (κ2) is 6.43. The zero-order valence-electron chi connectivity index (χ0n) is 10.5. The van der Waals surface area contributed by atoms with Gasteiger partial charge in [-0.15, -0.1) is 0 Å². The topological polar surface area (TPSA) is 99.6 Å². The van der Waals surface area contributed by atoms with Crippen LogP contribution in [0.4, 0.5) is 17.3 Å². The number of nitrogens with zero attached hydrogens (tertiary/aromatic N) is 3. The van der Waals surface area contributed by atoms with Crippen LogP contribution in [0.1, 0.15) is 5.56 Å². The van der Waals surface area contributed by atoms with Gasteiger partial charge in [0.15, 0.2) is 5.16 Å². The van der Waals surface area contributed by atoms with Crippen LogP contribution in [-0.2, 0) is 0 Å². The summed E-state index contributed by atoms with van der Waals surface area (Å²) in [5, 5.41) is 13.0. The van der Waals surface area contributed by atoms with Crippen molar-refractivity contribution in [1.29, 1.82) is 5.26 Å². The van der Waals surface area contributed by atoms with E-state index in [1.807, 2.05) is 6.26 Å². The summed E-state index contributed by atoms with van der Waals surface area (Å²) in [5.74, 6) is 6.39. The lowest BCUT2D eigenvalue weighted by atomic mass is 10.2. The van der Waals surface area contributed by atoms with E-state index in [-0.39, 0.29) is 0 Å². The van der Waals surface area contributed by atoms with Crippen LogP contribution in [0.2, 0.25) is 5.02 Å². The maximum Gasteiger partial charge on any atom is 0.191 e. The molecule has 1 heterocycles. The first-order valence-electron chi connectivity index (χ1n) is 5.52. The molecular weight excluding hydrogens is 296 g/mol. The molecule has 8 heteroatoms. The van der Waals surface area contributed by atoms with Crippen LogP contribution in [0.3, 0.4) is 0 Å². The zero-order chi connectivity index (χ0) is 14.5. The van der Waals surface area contributed by atoms with E-state index < -0.39 is 0 Å². The fourth-order valence-corrected chi connectivity index (χ4v) is 2.03. The highest BCUT2D eigenvalue weighted by Crippen LogP contribution is 2.27. The summed E-state index contributed by atoms with van der Waals surface area (Å²) in [5.41, 5.74) is 3.58. The number of nitrogens with two attached hydrogens (primary N) is 1. The van der Waals surface area contributed by atoms with E-state index in [4.69, 9.17) is 22.7 Å². The third kappa shape index (κ3) is 3.30. The normalized spacial score (nSPS) is 9.90. The van der Waals surface area contributed by atoms with E-state index >= 15 is 0 Å². The zero-order valence-corrected chi connectivity index (χ0v) is 12.1. The highest BCUT2D eigenvalue weighted by Gasteiger charge is 2.07. The quantitative estimate of drug-likeness (QED) is 0.345. The summed E-state index contributed by atoms with van der Waals surface area (Å²) in [4.78, 5) is 8.45. The molecule has 102 valence electrons. The van der Waals surface area contributed by atoms with E-state index in [2.05, 4.69) is 26.8 Å². The van der Waals surface area contributed by atoms with Crippen molar-refractivity contribution in [3.8, 4) is 6.07 Å². The molecule has 0 saturated heterocycles. The molecule has 0 aliphatic carbocycles. The molecule has 20 heavy (non-hydrogen) atoms. The first-order chi connectivity index (χ1) is 9.66. The van der Waals surface area contributed by atoms with Crippen molar-refractivity contribution in [2.45, 2.75) is 5.16 Å². The third-order valence-electron chi connectivity index (χ3n) is 2.39. The predicted octanol–water partition coefficient (Wildman–Crippen LogP) is 2.75. The second-order valence-electron chi connectivity index (χ2n) is 3.70. The highest BCUT2D eigenvalue weighted by atomic mass is 35.5. The first kappa shape index (κ1) is 14.4. The molecule has 6 nitrogen and oxygen atoms in total. The summed E-state index contributed by atoms with van der Waals surface area (Å²) in [6, 6.07) is 8.66. The average Bonchev–Trinajstić information content (AvgIpc) is 2.49. The Bertz CT molecular complexity index is 647. The minimum absolute atomic E-state index is 0.486. The van der Waals surface area contributed by atoms with Crippen LogP contribution in [0, 0.1) is 11.3 Å². The fraction of sp³-hybridized carbons (Fsp3) is 0.0833. The van der Waals surface area contributed by atoms with Crippen LogP contribution in [0.15, 0.2) is 29.4 Å². The minimum Gasteiger partial charge on any atom is -0.339 e. The van der Waals surface area contributed by atoms with Crippen molar-refractivity contribution in [2.24, 2.45) is 5.84 Å². The Kier molecular flexibility index (Phi) is 4.63. The van der Waals surface area contributed by atoms with Crippen molar-refractivity contribution in [3.05, 3.63) is 34.9 Å². The molecule has 4 N–H and O–H groups in total. The van der Waals surface area contributed by atoms with Gasteiger partial charge in [-0.3, -0.25) is 0 Å². The van der Waals surface area contributed by atoms with E-state index in [9.17, 15) is 0 Å². The molecule has 0 bridgehead atoms. The van der Waals surface area contributed by atoms with Crippen molar-refractivity contribution in [2.75, 3.05) is 17.0 Å². The Labute approximate surface area is 125 Å². The van der Waals surface area contributed by atoms with Crippen molar-refractivity contribution >= 4 is 40.7 Å². The van der Waals surface area contributed by atoms with Crippen LogP contribution in [0.5, 0.6) is 0 Å². The number of hydrogen-bond acceptors (Lipinski definition) is 7. The summed E-state index contributed by atoms with van der Waals surface area (Å²) >= 11 is 7.48. The highest BCUT2D eigenvalue weighted by molar-refractivity contribution is 7.98. The van der Waals surface area contributed by atoms with E-state index in [1.54, 1.807) is 24.3 Å². The van der Waals surface area contributed by atoms with Crippen LogP contribution in [0.25, 0.3) is 0 Å². The van der Waals surface area contributed by atoms with Gasteiger partial charge in [0, 0.05) is 6.07 Å². The lowest BCUT2D eigenvalue weighted by Gasteiger charge is -2.10. The number of aromatic nitrogens is 2. The standard InChI is InChI=1S/C12H11ClN6S/c1-20-12-17-10(5-11(18-12)19-15)16-9-4-7(6-14)2-3-8(9)13/h2-5H,15H2,1H3,(H2,16,17,18,19). The number of benzene rings is 1. The van der Waals surface area contributed by atoms with Crippen molar-refractivity contribution in [1.82, 2.24) is 9.97 Å². The number of hydrogen-bond donors (Lipinski definition) is 3. The lowest BCUT2D eigenvalue weighted by Crippen LogP contribution is -2.10. The molecule has 0 spiro atoms. The number of rotatable bonds is 4. The van der Waals surface area contributed by atoms with Gasteiger partial charge in [0.05, 0.1) is 22.3 Å². The summed E-state index contributed by atoms with van der Waals surface area (Å²) in [6.07, 6.45) is 1.86. The Balaban J connectivity index is 2.36. The third-order valence-corrected chi connectivity index (χ3v) is 3.27. The van der Waals surface area contributed by atoms with E-state index in [1.165, 1.54) is 11.8 Å². The number of anilines is 3. The molecule has 1 aromatic heterocycles. The minimum atomic E-state index is 0.486. The molecule has 0 aliphatic heterocycles. The molecule has 0 atom stereocenters. The van der Waals surface area contributed by atoms with Crippen molar-refractivity contribution < 1.29 is 0 Å². The monoisotopic (exact) mass is 306 g/mol. The molecule has 1 aromatic carbocycles. The molecule has 0 amide bonds. The molecular formula is C12H11ClN6S. The van der Waals surface area contributed by atoms with Crippen LogP contribution in [-0.4, -0.2) is 16.2 Å². The van der Waals surface area contributed by atoms with Gasteiger partial charge in [0.1, 0.15) is 11.6 Å². The number of nitriles is 1. The van der Waals surface area contributed by atoms with Gasteiger partial charge < -0.3 is 10.7 Å². The van der Waals surface area contributed by atoms with E-state index in [0.717, 1.165) is 0 Å². The molecule has 0 fully saturated rings. The average molecular weight is 307 g/mol. The smallest absolute Gasteiger partial charge is 0.191 e. The van der Waals surface area contributed by atoms with Gasteiger partial charge >= 0.3 is 0 Å². The summed E-state index contributed by atoms with van der Waals surface area (Å²) in [6.45, 7) is 0. The van der Waals surface area contributed by atoms with Crippen LogP contribution >= 0.6 is 23.4 Å². The largest absolute Gasteiger partial charge is 0.339 e. The molecule has 0 aliphatic rings. The number of hydrazine groups is 1. The summed E-state index contributed by atoms with van der Waals surface area (Å²) in [7, 11) is 0. The second-order valence-corrected chi connectivity index (χ2v) is 4.88. The summed E-state index contributed by atoms with van der Waals surface area (Å²) < 4.78 is 0. The SMILES string of the molecule is CSc1nc(NN)cc(Nc2cc(C#N)ccc2Cl)n1. The molecule has 2 rings (SSSR count). The Morgan fingerprint density at radius 1 is 1.30 bits per heavy atom. The number of halogens is 1. The fourth-order valence-electron chi connectivity index (χ4n) is 1.48. The van der Waals surface area contributed by atoms with Gasteiger partial charge in [-0.1, -0.05) is 23.4 Å². The molecule has 0 saturated carbocycles. The predicted molar refractivity (Wildman–Crippen MR) is 81.1 cm³/mol. The number of thioether (sulfide) groups is 1. The Morgan fingerprint density at radius 3 is 2.70 bits per heavy atom. The molecule has 0 unspecified atom stereocenters. The Hall–Kier alpha value is -2.01. The number of nitrogens with one attached hydrogen (secondary N) is 2. The molecule has 0 radical (unpaired) electrons. The van der Waals surface area contributed by atoms with Crippen molar-refractivity contribution in [3.63, 3.8) is 0 Å². The Morgan fingerprint density at radius 2 is 2.05 bits per heavy atom. The maximum atomic E-state index is 8.91. The first-order valence-corrected chi connectivity index (χ1v) is 7.13. The van der Waals surface area contributed by atoms with Gasteiger partial charge in [-0.2, -0.15) is 5.26 Å². The molecule has 2 aromatic rings. The van der Waals surface area contributed by atoms with Gasteiger partial charge in [0.25, 0.3) is 0 Å². The van der Waals surface area contributed by atoms with Gasteiger partial charge in [0.2, 0.25) is 0 Å². The number of nitrogen functional groups attached to an aromatic ring is 1. The van der Waals surface area contributed by atoms with Gasteiger partial charge in [-0.05, 0) is 24.5 Å².